The molecule has 0 aliphatic heterocycles. The minimum absolute atomic E-state index is 0.572. The Morgan fingerprint density at radius 2 is 1.80 bits per heavy atom. The molecule has 114 valence electrons. The summed E-state index contributed by atoms with van der Waals surface area (Å²) in [5.74, 6) is 1.65. The fourth-order valence-corrected chi connectivity index (χ4v) is 2.45. The first-order valence-corrected chi connectivity index (χ1v) is 7.52. The molecule has 1 rings (SSSR count). The summed E-state index contributed by atoms with van der Waals surface area (Å²) in [5.41, 5.74) is 1.35. The van der Waals surface area contributed by atoms with Crippen LogP contribution in [0.1, 0.15) is 25.8 Å². The van der Waals surface area contributed by atoms with Crippen LogP contribution in [-0.2, 0) is 6.42 Å². The maximum atomic E-state index is 5.18. The lowest BCUT2D eigenvalue weighted by molar-refractivity contribution is 0.307. The highest BCUT2D eigenvalue weighted by atomic mass is 16.5. The van der Waals surface area contributed by atoms with E-state index in [0.29, 0.717) is 6.04 Å². The fraction of sp³-hybridized carbons (Fsp3) is 0.647. The van der Waals surface area contributed by atoms with E-state index in [-0.39, 0.29) is 0 Å². The quantitative estimate of drug-likeness (QED) is 0.752. The number of hydrogen-bond acceptors (Lipinski definition) is 3. The van der Waals surface area contributed by atoms with E-state index in [2.05, 4.69) is 50.3 Å². The first-order valence-electron chi connectivity index (χ1n) is 7.52. The van der Waals surface area contributed by atoms with E-state index in [4.69, 9.17) is 4.74 Å². The summed E-state index contributed by atoms with van der Waals surface area (Å²) in [6.07, 6.45) is 2.28. The van der Waals surface area contributed by atoms with Crippen molar-refractivity contribution in [2.24, 2.45) is 5.92 Å². The Bertz CT molecular complexity index is 350. The molecule has 0 spiro atoms. The summed E-state index contributed by atoms with van der Waals surface area (Å²) in [4.78, 5) is 2.26. The second kappa shape index (κ2) is 8.98. The van der Waals surface area contributed by atoms with Crippen LogP contribution in [0.4, 0.5) is 0 Å². The first kappa shape index (κ1) is 17.0. The summed E-state index contributed by atoms with van der Waals surface area (Å²) >= 11 is 0. The monoisotopic (exact) mass is 278 g/mol. The smallest absolute Gasteiger partial charge is 0.118 e. The molecule has 1 aromatic carbocycles. The van der Waals surface area contributed by atoms with Crippen molar-refractivity contribution < 1.29 is 4.74 Å². The summed E-state index contributed by atoms with van der Waals surface area (Å²) < 4.78 is 5.18. The standard InChI is InChI=1S/C17H30N2O/c1-14(2)12-16(13-19(3)4)18-11-10-15-6-8-17(20-5)9-7-15/h6-9,14,16,18H,10-13H2,1-5H3. The third-order valence-corrected chi connectivity index (χ3v) is 3.35. The van der Waals surface area contributed by atoms with Crippen molar-refractivity contribution in [3.8, 4) is 5.75 Å². The molecule has 0 saturated heterocycles. The average molecular weight is 278 g/mol. The van der Waals surface area contributed by atoms with E-state index in [0.717, 1.165) is 31.2 Å². The Morgan fingerprint density at radius 3 is 2.30 bits per heavy atom. The zero-order chi connectivity index (χ0) is 15.0. The maximum Gasteiger partial charge on any atom is 0.118 e. The van der Waals surface area contributed by atoms with Crippen molar-refractivity contribution in [2.45, 2.75) is 32.7 Å². The Morgan fingerprint density at radius 1 is 1.15 bits per heavy atom. The Kier molecular flexibility index (Phi) is 7.63. The number of methoxy groups -OCH3 is 1. The van der Waals surface area contributed by atoms with E-state index in [1.807, 2.05) is 12.1 Å². The van der Waals surface area contributed by atoms with Gasteiger partial charge in [-0.1, -0.05) is 26.0 Å². The number of ether oxygens (including phenoxy) is 1. The second-order valence-corrected chi connectivity index (χ2v) is 6.14. The van der Waals surface area contributed by atoms with Crippen LogP contribution in [0.3, 0.4) is 0 Å². The molecule has 1 unspecified atom stereocenters. The van der Waals surface area contributed by atoms with E-state index < -0.39 is 0 Å². The molecule has 3 heteroatoms. The lowest BCUT2D eigenvalue weighted by Gasteiger charge is -2.24. The molecule has 0 aliphatic carbocycles. The van der Waals surface area contributed by atoms with Crippen molar-refractivity contribution in [1.82, 2.24) is 10.2 Å². The van der Waals surface area contributed by atoms with Gasteiger partial charge >= 0.3 is 0 Å². The Hall–Kier alpha value is -1.06. The van der Waals surface area contributed by atoms with Gasteiger partial charge in [0.05, 0.1) is 7.11 Å². The van der Waals surface area contributed by atoms with Gasteiger partial charge in [-0.15, -0.1) is 0 Å². The molecule has 0 aliphatic rings. The first-order chi connectivity index (χ1) is 9.51. The van der Waals surface area contributed by atoms with Crippen molar-refractivity contribution in [3.05, 3.63) is 29.8 Å². The number of nitrogens with one attached hydrogen (secondary N) is 1. The number of nitrogens with zero attached hydrogens (tertiary/aromatic N) is 1. The van der Waals surface area contributed by atoms with Crippen LogP contribution >= 0.6 is 0 Å². The highest BCUT2D eigenvalue weighted by molar-refractivity contribution is 5.27. The van der Waals surface area contributed by atoms with Gasteiger partial charge in [0.1, 0.15) is 5.75 Å². The highest BCUT2D eigenvalue weighted by Gasteiger charge is 2.11. The predicted molar refractivity (Wildman–Crippen MR) is 86.5 cm³/mol. The highest BCUT2D eigenvalue weighted by Crippen LogP contribution is 2.11. The summed E-state index contributed by atoms with van der Waals surface area (Å²) in [6.45, 7) is 6.69. The molecule has 0 fully saturated rings. The predicted octanol–water partition coefficient (Wildman–Crippen LogP) is 2.80. The van der Waals surface area contributed by atoms with Crippen LogP contribution in [0, 0.1) is 5.92 Å². The van der Waals surface area contributed by atoms with Crippen LogP contribution in [0.5, 0.6) is 5.75 Å². The number of likely N-dealkylation sites (N-methyl/N-ethyl adjacent to an activating group) is 1. The zero-order valence-corrected chi connectivity index (χ0v) is 13.6. The molecule has 0 saturated carbocycles. The average Bonchev–Trinajstić information content (AvgIpc) is 2.38. The van der Waals surface area contributed by atoms with Gasteiger partial charge in [0.25, 0.3) is 0 Å². The second-order valence-electron chi connectivity index (χ2n) is 6.14. The van der Waals surface area contributed by atoms with Crippen molar-refractivity contribution in [2.75, 3.05) is 34.3 Å². The molecule has 0 heterocycles. The van der Waals surface area contributed by atoms with Gasteiger partial charge in [-0.25, -0.2) is 0 Å². The van der Waals surface area contributed by atoms with Gasteiger partial charge in [-0.2, -0.15) is 0 Å². The lowest BCUT2D eigenvalue weighted by Crippen LogP contribution is -2.40. The molecular weight excluding hydrogens is 248 g/mol. The van der Waals surface area contributed by atoms with Gasteiger partial charge in [0.2, 0.25) is 0 Å². The van der Waals surface area contributed by atoms with Gasteiger partial charge in [0.15, 0.2) is 0 Å². The van der Waals surface area contributed by atoms with Gasteiger partial charge in [-0.3, -0.25) is 0 Å². The molecule has 1 aromatic rings. The molecule has 0 aromatic heterocycles. The Labute approximate surface area is 124 Å². The molecule has 0 amide bonds. The number of benzene rings is 1. The SMILES string of the molecule is COc1ccc(CCNC(CC(C)C)CN(C)C)cc1. The third kappa shape index (κ3) is 6.92. The largest absolute Gasteiger partial charge is 0.497 e. The van der Waals surface area contributed by atoms with Crippen LogP contribution in [0.25, 0.3) is 0 Å². The Balaban J connectivity index is 2.38. The molecule has 1 N–H and O–H groups in total. The molecule has 3 nitrogen and oxygen atoms in total. The molecule has 1 atom stereocenters. The van der Waals surface area contributed by atoms with E-state index in [1.54, 1.807) is 7.11 Å². The zero-order valence-electron chi connectivity index (χ0n) is 13.6. The van der Waals surface area contributed by atoms with E-state index in [9.17, 15) is 0 Å². The topological polar surface area (TPSA) is 24.5 Å². The number of rotatable bonds is 9. The maximum absolute atomic E-state index is 5.18. The summed E-state index contributed by atoms with van der Waals surface area (Å²) in [5, 5.41) is 3.69. The minimum Gasteiger partial charge on any atom is -0.497 e. The summed E-state index contributed by atoms with van der Waals surface area (Å²) in [6, 6.07) is 8.92. The molecular formula is C17H30N2O. The molecule has 0 radical (unpaired) electrons. The van der Waals surface area contributed by atoms with Crippen molar-refractivity contribution >= 4 is 0 Å². The van der Waals surface area contributed by atoms with Crippen LogP contribution in [0.15, 0.2) is 24.3 Å². The minimum atomic E-state index is 0.572. The summed E-state index contributed by atoms with van der Waals surface area (Å²) in [7, 11) is 5.98. The van der Waals surface area contributed by atoms with Gasteiger partial charge in [0, 0.05) is 12.6 Å². The van der Waals surface area contributed by atoms with Crippen LogP contribution in [0.2, 0.25) is 0 Å². The normalized spacial score (nSPS) is 12.9. The van der Waals surface area contributed by atoms with Crippen molar-refractivity contribution in [1.29, 1.82) is 0 Å². The third-order valence-electron chi connectivity index (χ3n) is 3.35. The fourth-order valence-electron chi connectivity index (χ4n) is 2.45. The van der Waals surface area contributed by atoms with Crippen LogP contribution in [-0.4, -0.2) is 45.2 Å². The lowest BCUT2D eigenvalue weighted by atomic mass is 10.0. The van der Waals surface area contributed by atoms with Gasteiger partial charge < -0.3 is 15.0 Å². The number of hydrogen-bond donors (Lipinski definition) is 1. The van der Waals surface area contributed by atoms with E-state index in [1.165, 1.54) is 12.0 Å². The van der Waals surface area contributed by atoms with Crippen LogP contribution < -0.4 is 10.1 Å². The van der Waals surface area contributed by atoms with E-state index >= 15 is 0 Å². The molecule has 20 heavy (non-hydrogen) atoms. The molecule has 0 bridgehead atoms. The van der Waals surface area contributed by atoms with Crippen molar-refractivity contribution in [3.63, 3.8) is 0 Å². The van der Waals surface area contributed by atoms with Gasteiger partial charge in [-0.05, 0) is 57.1 Å².